The number of anilines is 1. The predicted molar refractivity (Wildman–Crippen MR) is 82.5 cm³/mol. The topological polar surface area (TPSA) is 71.3 Å². The van der Waals surface area contributed by atoms with Crippen LogP contribution in [0.2, 0.25) is 0 Å². The van der Waals surface area contributed by atoms with Crippen LogP contribution in [-0.4, -0.2) is 29.0 Å². The molecule has 0 atom stereocenters. The summed E-state index contributed by atoms with van der Waals surface area (Å²) in [5, 5.41) is 2.80. The quantitative estimate of drug-likeness (QED) is 0.937. The highest BCUT2D eigenvalue weighted by Gasteiger charge is 2.18. The summed E-state index contributed by atoms with van der Waals surface area (Å²) in [7, 11) is 0. The van der Waals surface area contributed by atoms with E-state index in [1.54, 1.807) is 18.4 Å². The molecule has 2 aromatic heterocycles. The second-order valence-electron chi connectivity index (χ2n) is 5.69. The Bertz CT molecular complexity index is 619. The number of amides is 1. The molecule has 1 aliphatic rings. The maximum absolute atomic E-state index is 12.2. The summed E-state index contributed by atoms with van der Waals surface area (Å²) in [5.41, 5.74) is 0.384. The third-order valence-corrected chi connectivity index (χ3v) is 4.00. The maximum Gasteiger partial charge on any atom is 0.270 e. The van der Waals surface area contributed by atoms with Crippen molar-refractivity contribution in [3.05, 3.63) is 42.2 Å². The fourth-order valence-electron chi connectivity index (χ4n) is 2.55. The van der Waals surface area contributed by atoms with Gasteiger partial charge in [0.15, 0.2) is 0 Å². The van der Waals surface area contributed by atoms with Crippen LogP contribution in [0.25, 0.3) is 0 Å². The highest BCUT2D eigenvalue weighted by Crippen LogP contribution is 2.21. The molecular weight excluding hydrogens is 280 g/mol. The van der Waals surface area contributed by atoms with Crippen molar-refractivity contribution in [2.24, 2.45) is 5.92 Å². The van der Waals surface area contributed by atoms with Gasteiger partial charge in [0, 0.05) is 19.2 Å². The Hall–Kier alpha value is -2.37. The number of carbonyl (C=O) groups excluding carboxylic acids is 1. The van der Waals surface area contributed by atoms with Crippen molar-refractivity contribution in [2.45, 2.75) is 26.3 Å². The molecule has 2 aromatic rings. The Morgan fingerprint density at radius 2 is 2.23 bits per heavy atom. The van der Waals surface area contributed by atoms with Crippen molar-refractivity contribution in [2.75, 3.05) is 18.0 Å². The Labute approximate surface area is 129 Å². The summed E-state index contributed by atoms with van der Waals surface area (Å²) >= 11 is 0. The van der Waals surface area contributed by atoms with Crippen LogP contribution < -0.4 is 10.2 Å². The van der Waals surface area contributed by atoms with Crippen molar-refractivity contribution in [3.8, 4) is 0 Å². The zero-order chi connectivity index (χ0) is 15.4. The van der Waals surface area contributed by atoms with Crippen LogP contribution in [0, 0.1) is 5.92 Å². The van der Waals surface area contributed by atoms with Crippen molar-refractivity contribution < 1.29 is 9.21 Å². The summed E-state index contributed by atoms with van der Waals surface area (Å²) in [6.07, 6.45) is 5.35. The van der Waals surface area contributed by atoms with Gasteiger partial charge in [-0.15, -0.1) is 0 Å². The monoisotopic (exact) mass is 300 g/mol. The van der Waals surface area contributed by atoms with Crippen molar-refractivity contribution in [3.63, 3.8) is 0 Å². The summed E-state index contributed by atoms with van der Waals surface area (Å²) in [5.74, 6) is 2.08. The average Bonchev–Trinajstić information content (AvgIpc) is 3.07. The number of hydrogen-bond acceptors (Lipinski definition) is 5. The lowest BCUT2D eigenvalue weighted by Crippen LogP contribution is -2.34. The first-order valence-electron chi connectivity index (χ1n) is 7.60. The molecule has 0 spiro atoms. The van der Waals surface area contributed by atoms with Crippen molar-refractivity contribution >= 4 is 11.7 Å². The number of nitrogens with one attached hydrogen (secondary N) is 1. The molecule has 0 aromatic carbocycles. The number of nitrogens with zero attached hydrogens (tertiary/aromatic N) is 3. The molecule has 0 saturated carbocycles. The van der Waals surface area contributed by atoms with Gasteiger partial charge in [-0.05, 0) is 30.9 Å². The number of aromatic nitrogens is 2. The largest absolute Gasteiger partial charge is 0.467 e. The number of carbonyl (C=O) groups is 1. The van der Waals surface area contributed by atoms with Gasteiger partial charge in [-0.1, -0.05) is 6.92 Å². The average molecular weight is 300 g/mol. The minimum Gasteiger partial charge on any atom is -0.467 e. The Morgan fingerprint density at radius 3 is 2.95 bits per heavy atom. The molecule has 1 saturated heterocycles. The van der Waals surface area contributed by atoms with Gasteiger partial charge >= 0.3 is 0 Å². The van der Waals surface area contributed by atoms with Gasteiger partial charge < -0.3 is 14.6 Å². The van der Waals surface area contributed by atoms with E-state index >= 15 is 0 Å². The lowest BCUT2D eigenvalue weighted by Gasteiger charge is -2.31. The Balaban J connectivity index is 1.64. The van der Waals surface area contributed by atoms with Gasteiger partial charge in [0.2, 0.25) is 0 Å². The molecule has 0 radical (unpaired) electrons. The van der Waals surface area contributed by atoms with Crippen molar-refractivity contribution in [1.82, 2.24) is 15.3 Å². The van der Waals surface area contributed by atoms with E-state index in [1.807, 2.05) is 6.07 Å². The molecule has 1 aliphatic heterocycles. The molecule has 0 unspecified atom stereocenters. The third-order valence-electron chi connectivity index (χ3n) is 4.00. The molecule has 3 rings (SSSR count). The predicted octanol–water partition coefficient (Wildman–Crippen LogP) is 2.24. The second kappa shape index (κ2) is 6.60. The molecular formula is C16H20N4O2. The fourth-order valence-corrected chi connectivity index (χ4v) is 2.55. The Morgan fingerprint density at radius 1 is 1.41 bits per heavy atom. The van der Waals surface area contributed by atoms with Crippen LogP contribution in [0.4, 0.5) is 5.82 Å². The molecule has 116 valence electrons. The molecule has 22 heavy (non-hydrogen) atoms. The van der Waals surface area contributed by atoms with Crippen LogP contribution in [0.15, 0.2) is 35.2 Å². The number of hydrogen-bond donors (Lipinski definition) is 1. The number of rotatable bonds is 4. The molecule has 0 aliphatic carbocycles. The van der Waals surface area contributed by atoms with Gasteiger partial charge in [0.25, 0.3) is 5.91 Å². The second-order valence-corrected chi connectivity index (χ2v) is 5.69. The summed E-state index contributed by atoms with van der Waals surface area (Å²) < 4.78 is 5.19. The minimum absolute atomic E-state index is 0.217. The minimum atomic E-state index is -0.217. The summed E-state index contributed by atoms with van der Waals surface area (Å²) in [6, 6.07) is 5.37. The van der Waals surface area contributed by atoms with E-state index in [0.717, 1.165) is 37.7 Å². The first kappa shape index (κ1) is 14.6. The van der Waals surface area contributed by atoms with Gasteiger partial charge in [0.1, 0.15) is 23.6 Å². The molecule has 1 amide bonds. The zero-order valence-electron chi connectivity index (χ0n) is 12.7. The van der Waals surface area contributed by atoms with Gasteiger partial charge in [-0.2, -0.15) is 0 Å². The SMILES string of the molecule is CC1CCN(c2cc(C(=O)NCc3ccco3)ncn2)CC1. The van der Waals surface area contributed by atoms with Crippen LogP contribution in [0.3, 0.4) is 0 Å². The molecule has 1 N–H and O–H groups in total. The molecule has 3 heterocycles. The lowest BCUT2D eigenvalue weighted by molar-refractivity contribution is 0.0943. The van der Waals surface area contributed by atoms with Gasteiger partial charge in [0.05, 0.1) is 12.8 Å². The highest BCUT2D eigenvalue weighted by atomic mass is 16.3. The smallest absolute Gasteiger partial charge is 0.270 e. The van der Waals surface area contributed by atoms with E-state index in [2.05, 4.69) is 27.1 Å². The number of furan rings is 1. The first-order chi connectivity index (χ1) is 10.7. The van der Waals surface area contributed by atoms with E-state index < -0.39 is 0 Å². The third kappa shape index (κ3) is 3.44. The maximum atomic E-state index is 12.2. The van der Waals surface area contributed by atoms with E-state index in [1.165, 1.54) is 6.33 Å². The normalized spacial score (nSPS) is 15.8. The molecule has 6 nitrogen and oxygen atoms in total. The lowest BCUT2D eigenvalue weighted by atomic mass is 9.99. The highest BCUT2D eigenvalue weighted by molar-refractivity contribution is 5.92. The van der Waals surface area contributed by atoms with E-state index in [0.29, 0.717) is 18.0 Å². The van der Waals surface area contributed by atoms with Crippen LogP contribution >= 0.6 is 0 Å². The number of piperidine rings is 1. The molecule has 6 heteroatoms. The zero-order valence-corrected chi connectivity index (χ0v) is 12.7. The Kier molecular flexibility index (Phi) is 4.37. The van der Waals surface area contributed by atoms with Crippen LogP contribution in [0.5, 0.6) is 0 Å². The molecule has 0 bridgehead atoms. The summed E-state index contributed by atoms with van der Waals surface area (Å²) in [4.78, 5) is 22.7. The van der Waals surface area contributed by atoms with Crippen LogP contribution in [-0.2, 0) is 6.54 Å². The standard InChI is InChI=1S/C16H20N4O2/c1-12-4-6-20(7-5-12)15-9-14(18-11-19-15)16(21)17-10-13-3-2-8-22-13/h2-3,8-9,11-12H,4-7,10H2,1H3,(H,17,21). The van der Waals surface area contributed by atoms with E-state index in [4.69, 9.17) is 4.42 Å². The van der Waals surface area contributed by atoms with E-state index in [9.17, 15) is 4.79 Å². The van der Waals surface area contributed by atoms with Gasteiger partial charge in [-0.3, -0.25) is 4.79 Å². The fraction of sp³-hybridized carbons (Fsp3) is 0.438. The molecule has 1 fully saturated rings. The van der Waals surface area contributed by atoms with Crippen molar-refractivity contribution in [1.29, 1.82) is 0 Å². The van der Waals surface area contributed by atoms with Crippen LogP contribution in [0.1, 0.15) is 36.0 Å². The van der Waals surface area contributed by atoms with E-state index in [-0.39, 0.29) is 5.91 Å². The van der Waals surface area contributed by atoms with Gasteiger partial charge in [-0.25, -0.2) is 9.97 Å². The summed E-state index contributed by atoms with van der Waals surface area (Å²) in [6.45, 7) is 4.58. The first-order valence-corrected chi connectivity index (χ1v) is 7.60.